The zero-order valence-electron chi connectivity index (χ0n) is 14.8. The zero-order valence-corrected chi connectivity index (χ0v) is 14.8. The number of hydrogen-bond acceptors (Lipinski definition) is 5. The van der Waals surface area contributed by atoms with Crippen LogP contribution in [0.2, 0.25) is 0 Å². The first-order valence-corrected chi connectivity index (χ1v) is 8.34. The Hall–Kier alpha value is -3.09. The molecule has 1 saturated heterocycles. The van der Waals surface area contributed by atoms with E-state index in [9.17, 15) is 9.59 Å². The summed E-state index contributed by atoms with van der Waals surface area (Å²) in [6, 6.07) is 8.52. The maximum atomic E-state index is 12.8. The Morgan fingerprint density at radius 3 is 2.08 bits per heavy atom. The number of hydrogen-bond donors (Lipinski definition) is 0. The standard InChI is InChI=1S/C19H21N3O4/c1-25-15-3-4-16(17(13-15)26-2)19(24)22-11-9-21(10-12-22)18(23)14-5-7-20-8-6-14/h3-8,13H,9-12H2,1-2H3. The fraction of sp³-hybridized carbons (Fsp3) is 0.316. The van der Waals surface area contributed by atoms with Crippen LogP contribution >= 0.6 is 0 Å². The van der Waals surface area contributed by atoms with Crippen LogP contribution < -0.4 is 9.47 Å². The second kappa shape index (κ2) is 7.86. The van der Waals surface area contributed by atoms with Crippen LogP contribution in [-0.4, -0.2) is 67.0 Å². The second-order valence-corrected chi connectivity index (χ2v) is 5.89. The number of nitrogens with zero attached hydrogens (tertiary/aromatic N) is 3. The van der Waals surface area contributed by atoms with Crippen molar-refractivity contribution in [2.75, 3.05) is 40.4 Å². The minimum atomic E-state index is -0.111. The number of aromatic nitrogens is 1. The van der Waals surface area contributed by atoms with E-state index in [0.717, 1.165) is 0 Å². The predicted molar refractivity (Wildman–Crippen MR) is 95.6 cm³/mol. The molecule has 1 aliphatic heterocycles. The average molecular weight is 355 g/mol. The lowest BCUT2D eigenvalue weighted by molar-refractivity contribution is 0.0533. The molecule has 0 spiro atoms. The molecule has 2 amide bonds. The van der Waals surface area contributed by atoms with E-state index in [1.807, 2.05) is 0 Å². The fourth-order valence-corrected chi connectivity index (χ4v) is 2.94. The van der Waals surface area contributed by atoms with Gasteiger partial charge >= 0.3 is 0 Å². The van der Waals surface area contributed by atoms with Crippen LogP contribution in [0.4, 0.5) is 0 Å². The molecule has 7 nitrogen and oxygen atoms in total. The SMILES string of the molecule is COc1ccc(C(=O)N2CCN(C(=O)c3ccncc3)CC2)c(OC)c1. The maximum Gasteiger partial charge on any atom is 0.257 e. The van der Waals surface area contributed by atoms with Gasteiger partial charge in [0.05, 0.1) is 19.8 Å². The summed E-state index contributed by atoms with van der Waals surface area (Å²) in [4.78, 5) is 32.7. The van der Waals surface area contributed by atoms with E-state index in [4.69, 9.17) is 9.47 Å². The minimum Gasteiger partial charge on any atom is -0.497 e. The Labute approximate surface area is 152 Å². The van der Waals surface area contributed by atoms with Gasteiger partial charge in [0, 0.05) is 50.2 Å². The van der Waals surface area contributed by atoms with Crippen molar-refractivity contribution in [3.05, 3.63) is 53.9 Å². The van der Waals surface area contributed by atoms with Crippen molar-refractivity contribution in [2.45, 2.75) is 0 Å². The number of pyridine rings is 1. The lowest BCUT2D eigenvalue weighted by Gasteiger charge is -2.35. The van der Waals surface area contributed by atoms with Gasteiger partial charge in [0.1, 0.15) is 11.5 Å². The Balaban J connectivity index is 1.66. The largest absolute Gasteiger partial charge is 0.497 e. The first-order valence-electron chi connectivity index (χ1n) is 8.34. The molecule has 0 bridgehead atoms. The molecule has 0 aliphatic carbocycles. The monoisotopic (exact) mass is 355 g/mol. The molecular formula is C19H21N3O4. The third-order valence-electron chi connectivity index (χ3n) is 4.42. The molecule has 0 N–H and O–H groups in total. The van der Waals surface area contributed by atoms with E-state index < -0.39 is 0 Å². The van der Waals surface area contributed by atoms with Crippen molar-refractivity contribution in [1.82, 2.24) is 14.8 Å². The highest BCUT2D eigenvalue weighted by atomic mass is 16.5. The molecule has 0 atom stereocenters. The highest BCUT2D eigenvalue weighted by molar-refractivity contribution is 5.98. The lowest BCUT2D eigenvalue weighted by atomic mass is 10.1. The molecule has 1 aliphatic rings. The summed E-state index contributed by atoms with van der Waals surface area (Å²) >= 11 is 0. The van der Waals surface area contributed by atoms with E-state index in [1.54, 1.807) is 59.6 Å². The number of benzene rings is 1. The third kappa shape index (κ3) is 3.61. The van der Waals surface area contributed by atoms with E-state index in [1.165, 1.54) is 7.11 Å². The van der Waals surface area contributed by atoms with Gasteiger partial charge in [-0.1, -0.05) is 0 Å². The summed E-state index contributed by atoms with van der Waals surface area (Å²) < 4.78 is 10.5. The van der Waals surface area contributed by atoms with Crippen LogP contribution in [0, 0.1) is 0 Å². The highest BCUT2D eigenvalue weighted by Crippen LogP contribution is 2.26. The quantitative estimate of drug-likeness (QED) is 0.835. The normalized spacial score (nSPS) is 14.1. The highest BCUT2D eigenvalue weighted by Gasteiger charge is 2.27. The van der Waals surface area contributed by atoms with Gasteiger partial charge in [-0.15, -0.1) is 0 Å². The van der Waals surface area contributed by atoms with Gasteiger partial charge in [-0.2, -0.15) is 0 Å². The topological polar surface area (TPSA) is 72.0 Å². The molecule has 2 aromatic rings. The van der Waals surface area contributed by atoms with Crippen molar-refractivity contribution in [3.63, 3.8) is 0 Å². The lowest BCUT2D eigenvalue weighted by Crippen LogP contribution is -2.50. The molecule has 0 unspecified atom stereocenters. The van der Waals surface area contributed by atoms with Crippen LogP contribution in [0.1, 0.15) is 20.7 Å². The van der Waals surface area contributed by atoms with Gasteiger partial charge < -0.3 is 19.3 Å². The average Bonchev–Trinajstić information content (AvgIpc) is 2.73. The molecule has 0 saturated carbocycles. The van der Waals surface area contributed by atoms with Crippen LogP contribution in [0.25, 0.3) is 0 Å². The summed E-state index contributed by atoms with van der Waals surface area (Å²) in [7, 11) is 3.09. The van der Waals surface area contributed by atoms with E-state index >= 15 is 0 Å². The molecule has 7 heteroatoms. The number of ether oxygens (including phenoxy) is 2. The first kappa shape index (κ1) is 17.7. The zero-order chi connectivity index (χ0) is 18.5. The molecule has 1 aromatic carbocycles. The predicted octanol–water partition coefficient (Wildman–Crippen LogP) is 1.70. The number of carbonyl (C=O) groups is 2. The van der Waals surface area contributed by atoms with Gasteiger partial charge in [0.25, 0.3) is 11.8 Å². The summed E-state index contributed by atoms with van der Waals surface area (Å²) in [5.41, 5.74) is 1.10. The number of methoxy groups -OCH3 is 2. The Kier molecular flexibility index (Phi) is 5.36. The minimum absolute atomic E-state index is 0.0403. The summed E-state index contributed by atoms with van der Waals surface area (Å²) in [6.07, 6.45) is 3.20. The van der Waals surface area contributed by atoms with Gasteiger partial charge in [-0.05, 0) is 24.3 Å². The van der Waals surface area contributed by atoms with E-state index in [-0.39, 0.29) is 11.8 Å². The van der Waals surface area contributed by atoms with Crippen molar-refractivity contribution in [2.24, 2.45) is 0 Å². The fourth-order valence-electron chi connectivity index (χ4n) is 2.94. The Morgan fingerprint density at radius 1 is 0.885 bits per heavy atom. The smallest absolute Gasteiger partial charge is 0.257 e. The van der Waals surface area contributed by atoms with Gasteiger partial charge in [0.2, 0.25) is 0 Å². The molecule has 1 aromatic heterocycles. The number of carbonyl (C=O) groups excluding carboxylic acids is 2. The van der Waals surface area contributed by atoms with Gasteiger partial charge in [-0.25, -0.2) is 0 Å². The van der Waals surface area contributed by atoms with Crippen LogP contribution in [-0.2, 0) is 0 Å². The number of rotatable bonds is 4. The van der Waals surface area contributed by atoms with Gasteiger partial charge in [-0.3, -0.25) is 14.6 Å². The first-order chi connectivity index (χ1) is 12.6. The molecule has 2 heterocycles. The molecule has 3 rings (SSSR count). The molecule has 0 radical (unpaired) electrons. The summed E-state index contributed by atoms with van der Waals surface area (Å²) in [6.45, 7) is 1.94. The number of piperazine rings is 1. The molecule has 1 fully saturated rings. The Morgan fingerprint density at radius 2 is 1.50 bits per heavy atom. The van der Waals surface area contributed by atoms with Crippen LogP contribution in [0.3, 0.4) is 0 Å². The van der Waals surface area contributed by atoms with Crippen molar-refractivity contribution in [1.29, 1.82) is 0 Å². The van der Waals surface area contributed by atoms with Crippen LogP contribution in [0.5, 0.6) is 11.5 Å². The van der Waals surface area contributed by atoms with E-state index in [0.29, 0.717) is 48.8 Å². The van der Waals surface area contributed by atoms with Crippen LogP contribution in [0.15, 0.2) is 42.7 Å². The number of amides is 2. The third-order valence-corrected chi connectivity index (χ3v) is 4.42. The summed E-state index contributed by atoms with van der Waals surface area (Å²) in [5, 5.41) is 0. The van der Waals surface area contributed by atoms with Gasteiger partial charge in [0.15, 0.2) is 0 Å². The summed E-state index contributed by atoms with van der Waals surface area (Å²) in [5.74, 6) is 0.956. The second-order valence-electron chi connectivity index (χ2n) is 5.89. The van der Waals surface area contributed by atoms with E-state index in [2.05, 4.69) is 4.98 Å². The maximum absolute atomic E-state index is 12.8. The molecule has 136 valence electrons. The molecule has 26 heavy (non-hydrogen) atoms. The molecular weight excluding hydrogens is 334 g/mol. The Bertz CT molecular complexity index is 787. The van der Waals surface area contributed by atoms with Crippen molar-refractivity contribution >= 4 is 11.8 Å². The van der Waals surface area contributed by atoms with Crippen molar-refractivity contribution < 1.29 is 19.1 Å². The van der Waals surface area contributed by atoms with Crippen molar-refractivity contribution in [3.8, 4) is 11.5 Å².